The van der Waals surface area contributed by atoms with Crippen LogP contribution in [-0.4, -0.2) is 47.1 Å². The van der Waals surface area contributed by atoms with Crippen LogP contribution in [0.1, 0.15) is 51.6 Å². The monoisotopic (exact) mass is 333 g/mol. The van der Waals surface area contributed by atoms with E-state index in [9.17, 15) is 9.59 Å². The van der Waals surface area contributed by atoms with Crippen LogP contribution in [0.15, 0.2) is 24.4 Å². The fourth-order valence-electron chi connectivity index (χ4n) is 2.81. The van der Waals surface area contributed by atoms with Gasteiger partial charge in [-0.2, -0.15) is 0 Å². The van der Waals surface area contributed by atoms with Crippen LogP contribution in [0.4, 0.5) is 4.79 Å². The molecule has 1 N–H and O–H groups in total. The van der Waals surface area contributed by atoms with Crippen LogP contribution < -0.4 is 5.32 Å². The molecule has 1 fully saturated rings. The predicted molar refractivity (Wildman–Crippen MR) is 91.6 cm³/mol. The molecule has 1 aromatic heterocycles. The van der Waals surface area contributed by atoms with Gasteiger partial charge in [-0.1, -0.05) is 6.07 Å². The summed E-state index contributed by atoms with van der Waals surface area (Å²) in [6.45, 7) is 7.19. The Balaban J connectivity index is 1.77. The van der Waals surface area contributed by atoms with Crippen LogP contribution in [0.2, 0.25) is 0 Å². The molecule has 6 heteroatoms. The number of likely N-dealkylation sites (tertiary alicyclic amines) is 1. The highest BCUT2D eigenvalue weighted by Gasteiger charge is 2.25. The molecule has 1 aliphatic heterocycles. The van der Waals surface area contributed by atoms with Crippen molar-refractivity contribution in [1.82, 2.24) is 15.2 Å². The zero-order valence-corrected chi connectivity index (χ0v) is 14.7. The number of nitrogens with zero attached hydrogens (tertiary/aromatic N) is 2. The van der Waals surface area contributed by atoms with E-state index in [4.69, 9.17) is 4.74 Å². The largest absolute Gasteiger partial charge is 0.444 e. The van der Waals surface area contributed by atoms with Gasteiger partial charge < -0.3 is 15.0 Å². The number of alkyl carbamates (subject to hydrolysis) is 1. The number of amides is 2. The number of carbonyl (C=O) groups excluding carboxylic acids is 2. The topological polar surface area (TPSA) is 71.5 Å². The number of carbonyl (C=O) groups is 2. The number of piperidine rings is 1. The number of nitrogens with one attached hydrogen (secondary N) is 1. The average molecular weight is 333 g/mol. The number of pyridine rings is 1. The maximum Gasteiger partial charge on any atom is 0.407 e. The maximum atomic E-state index is 12.4. The van der Waals surface area contributed by atoms with Gasteiger partial charge in [-0.05, 0) is 45.7 Å². The minimum atomic E-state index is -0.531. The number of hydrogen-bond donors (Lipinski definition) is 1. The van der Waals surface area contributed by atoms with Crippen molar-refractivity contribution < 1.29 is 14.3 Å². The van der Waals surface area contributed by atoms with Gasteiger partial charge in [-0.15, -0.1) is 0 Å². The molecule has 1 aliphatic rings. The predicted octanol–water partition coefficient (Wildman–Crippen LogP) is 2.70. The van der Waals surface area contributed by atoms with Crippen LogP contribution in [-0.2, 0) is 9.53 Å². The molecule has 0 aromatic carbocycles. The molecule has 2 heterocycles. The summed E-state index contributed by atoms with van der Waals surface area (Å²) in [5.41, 5.74) is 0.513. The van der Waals surface area contributed by atoms with E-state index in [-0.39, 0.29) is 12.3 Å². The summed E-state index contributed by atoms with van der Waals surface area (Å²) in [6.07, 6.45) is 3.62. The first-order chi connectivity index (χ1) is 11.3. The van der Waals surface area contributed by atoms with E-state index in [0.29, 0.717) is 19.0 Å². The van der Waals surface area contributed by atoms with Crippen molar-refractivity contribution in [2.24, 2.45) is 0 Å². The van der Waals surface area contributed by atoms with Gasteiger partial charge in [0.2, 0.25) is 5.91 Å². The van der Waals surface area contributed by atoms with Crippen LogP contribution in [0.25, 0.3) is 0 Å². The average Bonchev–Trinajstić information content (AvgIpc) is 2.54. The highest BCUT2D eigenvalue weighted by molar-refractivity contribution is 5.77. The number of rotatable bonds is 4. The van der Waals surface area contributed by atoms with Gasteiger partial charge in [-0.3, -0.25) is 9.78 Å². The zero-order valence-electron chi connectivity index (χ0n) is 14.7. The molecule has 1 aromatic rings. The SMILES string of the molecule is CC(C)(C)OC(=O)NCCC(=O)N1CCC[C@H](c2ccccn2)C1. The van der Waals surface area contributed by atoms with Gasteiger partial charge in [0.25, 0.3) is 0 Å². The summed E-state index contributed by atoms with van der Waals surface area (Å²) in [6, 6.07) is 5.90. The third kappa shape index (κ3) is 5.83. The molecule has 0 unspecified atom stereocenters. The lowest BCUT2D eigenvalue weighted by molar-refractivity contribution is -0.132. The molecule has 24 heavy (non-hydrogen) atoms. The van der Waals surface area contributed by atoms with E-state index in [1.165, 1.54) is 0 Å². The van der Waals surface area contributed by atoms with Crippen molar-refractivity contribution in [3.05, 3.63) is 30.1 Å². The summed E-state index contributed by atoms with van der Waals surface area (Å²) in [5, 5.41) is 2.63. The second-order valence-corrected chi connectivity index (χ2v) is 7.11. The summed E-state index contributed by atoms with van der Waals surface area (Å²) in [7, 11) is 0. The van der Waals surface area contributed by atoms with Crippen molar-refractivity contribution >= 4 is 12.0 Å². The Bertz CT molecular complexity index is 554. The molecule has 1 atom stereocenters. The Morgan fingerprint density at radius 3 is 2.83 bits per heavy atom. The van der Waals surface area contributed by atoms with Gasteiger partial charge >= 0.3 is 6.09 Å². The summed E-state index contributed by atoms with van der Waals surface area (Å²) in [4.78, 5) is 30.2. The van der Waals surface area contributed by atoms with Crippen molar-refractivity contribution in [2.45, 2.75) is 51.6 Å². The molecule has 0 spiro atoms. The Labute approximate surface area is 143 Å². The lowest BCUT2D eigenvalue weighted by Crippen LogP contribution is -2.41. The van der Waals surface area contributed by atoms with Gasteiger partial charge in [-0.25, -0.2) is 4.79 Å². The molecule has 2 amide bonds. The van der Waals surface area contributed by atoms with Crippen LogP contribution >= 0.6 is 0 Å². The van der Waals surface area contributed by atoms with Gasteiger partial charge in [0.05, 0.1) is 0 Å². The quantitative estimate of drug-likeness (QED) is 0.919. The van der Waals surface area contributed by atoms with E-state index in [0.717, 1.165) is 25.1 Å². The van der Waals surface area contributed by atoms with E-state index in [1.807, 2.05) is 43.9 Å². The summed E-state index contributed by atoms with van der Waals surface area (Å²) >= 11 is 0. The fraction of sp³-hybridized carbons (Fsp3) is 0.611. The summed E-state index contributed by atoms with van der Waals surface area (Å²) in [5.74, 6) is 0.356. The minimum Gasteiger partial charge on any atom is -0.444 e. The standard InChI is InChI=1S/C18H27N3O3/c1-18(2,3)24-17(23)20-11-9-16(22)21-12-6-7-14(13-21)15-8-4-5-10-19-15/h4-5,8,10,14H,6-7,9,11-13H2,1-3H3,(H,20,23)/t14-/m0/s1. The highest BCUT2D eigenvalue weighted by Crippen LogP contribution is 2.25. The second kappa shape index (κ2) is 8.13. The molecule has 0 saturated carbocycles. The van der Waals surface area contributed by atoms with E-state index in [1.54, 1.807) is 6.20 Å². The van der Waals surface area contributed by atoms with Crippen LogP contribution in [0, 0.1) is 0 Å². The molecule has 2 rings (SSSR count). The normalized spacial score (nSPS) is 18.1. The lowest BCUT2D eigenvalue weighted by Gasteiger charge is -2.32. The highest BCUT2D eigenvalue weighted by atomic mass is 16.6. The zero-order chi connectivity index (χ0) is 17.6. The smallest absolute Gasteiger partial charge is 0.407 e. The minimum absolute atomic E-state index is 0.0617. The Morgan fingerprint density at radius 2 is 2.17 bits per heavy atom. The first-order valence-corrected chi connectivity index (χ1v) is 8.51. The van der Waals surface area contributed by atoms with Crippen molar-refractivity contribution in [2.75, 3.05) is 19.6 Å². The van der Waals surface area contributed by atoms with Crippen LogP contribution in [0.5, 0.6) is 0 Å². The van der Waals surface area contributed by atoms with E-state index < -0.39 is 11.7 Å². The molecule has 132 valence electrons. The Morgan fingerprint density at radius 1 is 1.38 bits per heavy atom. The molecule has 0 radical (unpaired) electrons. The molecule has 0 aliphatic carbocycles. The van der Waals surface area contributed by atoms with Crippen molar-refractivity contribution in [3.8, 4) is 0 Å². The second-order valence-electron chi connectivity index (χ2n) is 7.11. The van der Waals surface area contributed by atoms with Crippen molar-refractivity contribution in [3.63, 3.8) is 0 Å². The number of hydrogen-bond acceptors (Lipinski definition) is 4. The first kappa shape index (κ1) is 18.2. The van der Waals surface area contributed by atoms with E-state index >= 15 is 0 Å². The first-order valence-electron chi connectivity index (χ1n) is 8.51. The number of aromatic nitrogens is 1. The molecule has 0 bridgehead atoms. The third-order valence-electron chi connectivity index (χ3n) is 3.89. The Kier molecular flexibility index (Phi) is 6.17. The third-order valence-corrected chi connectivity index (χ3v) is 3.89. The number of ether oxygens (including phenoxy) is 1. The van der Waals surface area contributed by atoms with Crippen LogP contribution in [0.3, 0.4) is 0 Å². The van der Waals surface area contributed by atoms with Gasteiger partial charge in [0, 0.05) is 43.9 Å². The summed E-state index contributed by atoms with van der Waals surface area (Å²) < 4.78 is 5.16. The molecular weight excluding hydrogens is 306 g/mol. The van der Waals surface area contributed by atoms with Crippen molar-refractivity contribution in [1.29, 1.82) is 0 Å². The molecule has 6 nitrogen and oxygen atoms in total. The maximum absolute atomic E-state index is 12.4. The van der Waals surface area contributed by atoms with Gasteiger partial charge in [0.1, 0.15) is 5.60 Å². The lowest BCUT2D eigenvalue weighted by atomic mass is 9.94. The van der Waals surface area contributed by atoms with E-state index in [2.05, 4.69) is 10.3 Å². The molecule has 1 saturated heterocycles. The molecular formula is C18H27N3O3. The Hall–Kier alpha value is -2.11. The van der Waals surface area contributed by atoms with Gasteiger partial charge in [0.15, 0.2) is 0 Å². The fourth-order valence-corrected chi connectivity index (χ4v) is 2.81.